The Kier molecular flexibility index (Phi) is 6.36. The number of hydrogen-bond donors (Lipinski definition) is 1. The third-order valence-corrected chi connectivity index (χ3v) is 4.17. The SMILES string of the molecule is CCCOc1c(I)cc(CNc2ccccc2C)cc1OC. The summed E-state index contributed by atoms with van der Waals surface area (Å²) >= 11 is 2.30. The Hall–Kier alpha value is -1.43. The van der Waals surface area contributed by atoms with Gasteiger partial charge in [0, 0.05) is 12.2 Å². The Morgan fingerprint density at radius 2 is 1.95 bits per heavy atom. The molecule has 2 rings (SSSR count). The second kappa shape index (κ2) is 8.27. The van der Waals surface area contributed by atoms with E-state index in [0.717, 1.165) is 33.7 Å². The van der Waals surface area contributed by atoms with Crippen molar-refractivity contribution < 1.29 is 9.47 Å². The molecule has 0 spiro atoms. The molecule has 0 unspecified atom stereocenters. The van der Waals surface area contributed by atoms with Gasteiger partial charge in [-0.25, -0.2) is 0 Å². The zero-order valence-electron chi connectivity index (χ0n) is 13.3. The third kappa shape index (κ3) is 4.29. The van der Waals surface area contributed by atoms with Crippen molar-refractivity contribution in [2.24, 2.45) is 0 Å². The lowest BCUT2D eigenvalue weighted by atomic mass is 10.1. The van der Waals surface area contributed by atoms with Crippen molar-refractivity contribution in [2.45, 2.75) is 26.8 Å². The fourth-order valence-corrected chi connectivity index (χ4v) is 3.01. The number of aryl methyl sites for hydroxylation is 1. The third-order valence-electron chi connectivity index (χ3n) is 3.37. The first kappa shape index (κ1) is 16.9. The Morgan fingerprint density at radius 1 is 1.18 bits per heavy atom. The van der Waals surface area contributed by atoms with Crippen LogP contribution in [0.15, 0.2) is 36.4 Å². The van der Waals surface area contributed by atoms with Crippen LogP contribution >= 0.6 is 22.6 Å². The first-order valence-electron chi connectivity index (χ1n) is 7.44. The minimum atomic E-state index is 0.702. The van der Waals surface area contributed by atoms with Gasteiger partial charge < -0.3 is 14.8 Å². The number of rotatable bonds is 7. The van der Waals surface area contributed by atoms with Gasteiger partial charge in [-0.2, -0.15) is 0 Å². The molecular formula is C18H22INO2. The van der Waals surface area contributed by atoms with E-state index >= 15 is 0 Å². The second-order valence-electron chi connectivity index (χ2n) is 5.13. The van der Waals surface area contributed by atoms with Crippen LogP contribution in [0.3, 0.4) is 0 Å². The zero-order valence-corrected chi connectivity index (χ0v) is 15.4. The van der Waals surface area contributed by atoms with Gasteiger partial charge in [0.05, 0.1) is 17.3 Å². The summed E-state index contributed by atoms with van der Waals surface area (Å²) in [6.07, 6.45) is 0.982. The molecule has 3 nitrogen and oxygen atoms in total. The van der Waals surface area contributed by atoms with Gasteiger partial charge in [0.2, 0.25) is 0 Å². The van der Waals surface area contributed by atoms with Crippen LogP contribution in [-0.2, 0) is 6.54 Å². The van der Waals surface area contributed by atoms with Crippen molar-refractivity contribution in [3.05, 3.63) is 51.1 Å². The van der Waals surface area contributed by atoms with Gasteiger partial charge in [-0.1, -0.05) is 25.1 Å². The van der Waals surface area contributed by atoms with E-state index in [4.69, 9.17) is 9.47 Å². The van der Waals surface area contributed by atoms with Gasteiger partial charge in [0.25, 0.3) is 0 Å². The maximum Gasteiger partial charge on any atom is 0.174 e. The quantitative estimate of drug-likeness (QED) is 0.650. The largest absolute Gasteiger partial charge is 0.493 e. The van der Waals surface area contributed by atoms with Crippen molar-refractivity contribution in [1.29, 1.82) is 0 Å². The first-order chi connectivity index (χ1) is 10.7. The van der Waals surface area contributed by atoms with E-state index in [1.54, 1.807) is 7.11 Å². The van der Waals surface area contributed by atoms with Crippen LogP contribution < -0.4 is 14.8 Å². The number of para-hydroxylation sites is 1. The minimum Gasteiger partial charge on any atom is -0.493 e. The zero-order chi connectivity index (χ0) is 15.9. The molecule has 118 valence electrons. The van der Waals surface area contributed by atoms with Crippen LogP contribution in [0.2, 0.25) is 0 Å². The Morgan fingerprint density at radius 3 is 2.64 bits per heavy atom. The molecule has 0 aromatic heterocycles. The predicted molar refractivity (Wildman–Crippen MR) is 100 cm³/mol. The molecule has 22 heavy (non-hydrogen) atoms. The highest BCUT2D eigenvalue weighted by Gasteiger charge is 2.11. The molecule has 0 fully saturated rings. The lowest BCUT2D eigenvalue weighted by Crippen LogP contribution is -2.04. The Balaban J connectivity index is 2.15. The van der Waals surface area contributed by atoms with Gasteiger partial charge in [0.15, 0.2) is 11.5 Å². The Labute approximate surface area is 146 Å². The van der Waals surface area contributed by atoms with Gasteiger partial charge in [0.1, 0.15) is 0 Å². The maximum atomic E-state index is 5.79. The van der Waals surface area contributed by atoms with Gasteiger partial charge in [-0.15, -0.1) is 0 Å². The van der Waals surface area contributed by atoms with E-state index in [1.165, 1.54) is 11.1 Å². The standard InChI is InChI=1S/C18H22INO2/c1-4-9-22-18-15(19)10-14(11-17(18)21-3)12-20-16-8-6-5-7-13(16)2/h5-8,10-11,20H,4,9,12H2,1-3H3. The van der Waals surface area contributed by atoms with E-state index < -0.39 is 0 Å². The molecule has 0 aliphatic carbocycles. The van der Waals surface area contributed by atoms with E-state index in [2.05, 4.69) is 60.0 Å². The van der Waals surface area contributed by atoms with E-state index in [9.17, 15) is 0 Å². The molecule has 0 heterocycles. The fraction of sp³-hybridized carbons (Fsp3) is 0.333. The van der Waals surface area contributed by atoms with Crippen LogP contribution in [-0.4, -0.2) is 13.7 Å². The molecule has 0 saturated heterocycles. The lowest BCUT2D eigenvalue weighted by Gasteiger charge is -2.15. The fourth-order valence-electron chi connectivity index (χ4n) is 2.19. The summed E-state index contributed by atoms with van der Waals surface area (Å²) in [6.45, 7) is 5.66. The molecule has 0 bridgehead atoms. The summed E-state index contributed by atoms with van der Waals surface area (Å²) < 4.78 is 12.3. The Bertz CT molecular complexity index is 628. The molecule has 0 atom stereocenters. The summed E-state index contributed by atoms with van der Waals surface area (Å²) in [5.41, 5.74) is 3.57. The average molecular weight is 411 g/mol. The molecule has 4 heteroatoms. The lowest BCUT2D eigenvalue weighted by molar-refractivity contribution is 0.292. The summed E-state index contributed by atoms with van der Waals surface area (Å²) in [5, 5.41) is 3.47. The topological polar surface area (TPSA) is 30.5 Å². The molecule has 0 aliphatic heterocycles. The van der Waals surface area contributed by atoms with Crippen molar-refractivity contribution in [1.82, 2.24) is 0 Å². The van der Waals surface area contributed by atoms with E-state index in [1.807, 2.05) is 18.2 Å². The van der Waals surface area contributed by atoms with Crippen molar-refractivity contribution in [3.8, 4) is 11.5 Å². The molecule has 1 N–H and O–H groups in total. The minimum absolute atomic E-state index is 0.702. The number of anilines is 1. The summed E-state index contributed by atoms with van der Waals surface area (Å²) in [6, 6.07) is 12.5. The number of hydrogen-bond acceptors (Lipinski definition) is 3. The highest BCUT2D eigenvalue weighted by molar-refractivity contribution is 14.1. The number of benzene rings is 2. The molecule has 0 amide bonds. The van der Waals surface area contributed by atoms with Crippen LogP contribution in [0.25, 0.3) is 0 Å². The number of ether oxygens (including phenoxy) is 2. The van der Waals surface area contributed by atoms with Gasteiger partial charge in [-0.05, 0) is 65.3 Å². The first-order valence-corrected chi connectivity index (χ1v) is 8.52. The van der Waals surface area contributed by atoms with Gasteiger partial charge in [-0.3, -0.25) is 0 Å². The monoisotopic (exact) mass is 411 g/mol. The summed E-state index contributed by atoms with van der Waals surface area (Å²) in [5.74, 6) is 1.63. The van der Waals surface area contributed by atoms with Crippen LogP contribution in [0.1, 0.15) is 24.5 Å². The molecule has 0 radical (unpaired) electrons. The van der Waals surface area contributed by atoms with E-state index in [0.29, 0.717) is 6.61 Å². The average Bonchev–Trinajstić information content (AvgIpc) is 2.52. The van der Waals surface area contributed by atoms with Crippen LogP contribution in [0, 0.1) is 10.5 Å². The van der Waals surface area contributed by atoms with Crippen LogP contribution in [0.5, 0.6) is 11.5 Å². The van der Waals surface area contributed by atoms with Crippen LogP contribution in [0.4, 0.5) is 5.69 Å². The molecule has 2 aromatic carbocycles. The number of nitrogens with one attached hydrogen (secondary N) is 1. The predicted octanol–water partition coefficient (Wildman–Crippen LogP) is 5.01. The van der Waals surface area contributed by atoms with Crippen molar-refractivity contribution in [3.63, 3.8) is 0 Å². The van der Waals surface area contributed by atoms with Gasteiger partial charge >= 0.3 is 0 Å². The highest BCUT2D eigenvalue weighted by atomic mass is 127. The second-order valence-corrected chi connectivity index (χ2v) is 6.29. The normalized spacial score (nSPS) is 10.4. The summed E-state index contributed by atoms with van der Waals surface area (Å²) in [7, 11) is 1.68. The molecule has 0 saturated carbocycles. The number of methoxy groups -OCH3 is 1. The maximum absolute atomic E-state index is 5.79. The van der Waals surface area contributed by atoms with Crippen molar-refractivity contribution in [2.75, 3.05) is 19.0 Å². The van der Waals surface area contributed by atoms with E-state index in [-0.39, 0.29) is 0 Å². The summed E-state index contributed by atoms with van der Waals surface area (Å²) in [4.78, 5) is 0. The molecule has 2 aromatic rings. The molecular weight excluding hydrogens is 389 g/mol. The number of halogens is 1. The molecule has 0 aliphatic rings. The highest BCUT2D eigenvalue weighted by Crippen LogP contribution is 2.34. The smallest absolute Gasteiger partial charge is 0.174 e. The van der Waals surface area contributed by atoms with Crippen molar-refractivity contribution >= 4 is 28.3 Å².